The van der Waals surface area contributed by atoms with E-state index in [1.54, 1.807) is 35.6 Å². The minimum absolute atomic E-state index is 0. The number of rotatable bonds is 6. The van der Waals surface area contributed by atoms with Crippen LogP contribution in [0.4, 0.5) is 0 Å². The van der Waals surface area contributed by atoms with Crippen LogP contribution < -0.4 is 10.6 Å². The van der Waals surface area contributed by atoms with Crippen LogP contribution >= 0.6 is 24.0 Å². The molecule has 2 fully saturated rings. The van der Waals surface area contributed by atoms with Gasteiger partial charge in [-0.25, -0.2) is 8.42 Å². The molecule has 2 saturated heterocycles. The summed E-state index contributed by atoms with van der Waals surface area (Å²) in [6.07, 6.45) is 3.09. The molecule has 0 spiro atoms. The van der Waals surface area contributed by atoms with Crippen LogP contribution in [0.5, 0.6) is 0 Å². The van der Waals surface area contributed by atoms with Gasteiger partial charge in [-0.2, -0.15) is 4.31 Å². The van der Waals surface area contributed by atoms with E-state index in [2.05, 4.69) is 15.6 Å². The third kappa shape index (κ3) is 6.79. The van der Waals surface area contributed by atoms with Gasteiger partial charge in [0.1, 0.15) is 0 Å². The van der Waals surface area contributed by atoms with Crippen LogP contribution in [-0.4, -0.2) is 75.3 Å². The molecule has 1 aromatic carbocycles. The van der Waals surface area contributed by atoms with E-state index in [0.29, 0.717) is 36.9 Å². The molecule has 31 heavy (non-hydrogen) atoms. The molecule has 1 atom stereocenters. The number of hydrogen-bond acceptors (Lipinski definition) is 4. The molecule has 2 N–H and O–H groups in total. The average Bonchev–Trinajstić information content (AvgIpc) is 3.25. The minimum atomic E-state index is -3.41. The number of nitrogens with zero attached hydrogens (tertiary/aromatic N) is 3. The number of nitrogens with one attached hydrogen (secondary N) is 2. The van der Waals surface area contributed by atoms with Crippen molar-refractivity contribution in [1.82, 2.24) is 19.8 Å². The van der Waals surface area contributed by atoms with Gasteiger partial charge in [-0.3, -0.25) is 9.79 Å². The molecular formula is C21H34IN5O3S. The number of carbonyl (C=O) groups excluding carboxylic acids is 1. The Morgan fingerprint density at radius 3 is 2.42 bits per heavy atom. The Kier molecular flexibility index (Phi) is 10.0. The number of hydrogen-bond donors (Lipinski definition) is 2. The molecule has 174 valence electrons. The van der Waals surface area contributed by atoms with Crippen molar-refractivity contribution < 1.29 is 13.2 Å². The highest BCUT2D eigenvalue weighted by molar-refractivity contribution is 14.0. The van der Waals surface area contributed by atoms with Gasteiger partial charge in [-0.15, -0.1) is 24.0 Å². The summed E-state index contributed by atoms with van der Waals surface area (Å²) in [4.78, 5) is 18.4. The summed E-state index contributed by atoms with van der Waals surface area (Å²) < 4.78 is 27.1. The summed E-state index contributed by atoms with van der Waals surface area (Å²) in [5.41, 5.74) is 0. The fourth-order valence-electron chi connectivity index (χ4n) is 4.05. The molecule has 2 aliphatic rings. The van der Waals surface area contributed by atoms with Gasteiger partial charge in [0.05, 0.1) is 4.90 Å². The number of aliphatic imine (C=N–C) groups is 1. The zero-order chi connectivity index (χ0) is 21.6. The topological polar surface area (TPSA) is 94.1 Å². The van der Waals surface area contributed by atoms with Crippen LogP contribution in [0.3, 0.4) is 0 Å². The lowest BCUT2D eigenvalue weighted by molar-refractivity contribution is -0.129. The molecule has 1 unspecified atom stereocenters. The lowest BCUT2D eigenvalue weighted by Crippen LogP contribution is -2.47. The molecule has 2 heterocycles. The Labute approximate surface area is 202 Å². The van der Waals surface area contributed by atoms with Crippen LogP contribution in [0, 0.1) is 5.92 Å². The summed E-state index contributed by atoms with van der Waals surface area (Å²) in [7, 11) is -1.66. The molecule has 0 bridgehead atoms. The highest BCUT2D eigenvalue weighted by atomic mass is 127. The molecule has 1 aromatic rings. The predicted molar refractivity (Wildman–Crippen MR) is 133 cm³/mol. The Balaban J connectivity index is 0.00000341. The molecule has 10 heteroatoms. The monoisotopic (exact) mass is 563 g/mol. The van der Waals surface area contributed by atoms with Crippen LogP contribution in [0.15, 0.2) is 40.2 Å². The van der Waals surface area contributed by atoms with Crippen molar-refractivity contribution in [3.05, 3.63) is 30.3 Å². The highest BCUT2D eigenvalue weighted by Gasteiger charge is 2.30. The van der Waals surface area contributed by atoms with Crippen molar-refractivity contribution in [1.29, 1.82) is 0 Å². The van der Waals surface area contributed by atoms with Crippen molar-refractivity contribution in [2.45, 2.75) is 43.5 Å². The zero-order valence-electron chi connectivity index (χ0n) is 18.3. The lowest BCUT2D eigenvalue weighted by Gasteiger charge is -2.31. The van der Waals surface area contributed by atoms with Crippen molar-refractivity contribution >= 4 is 45.9 Å². The lowest BCUT2D eigenvalue weighted by atomic mass is 9.98. The summed E-state index contributed by atoms with van der Waals surface area (Å²) in [5.74, 6) is 1.33. The number of likely N-dealkylation sites (tertiary alicyclic amines) is 1. The zero-order valence-corrected chi connectivity index (χ0v) is 21.4. The number of benzene rings is 1. The quantitative estimate of drug-likeness (QED) is 0.313. The molecule has 3 rings (SSSR count). The van der Waals surface area contributed by atoms with Crippen molar-refractivity contribution in [2.24, 2.45) is 10.9 Å². The van der Waals surface area contributed by atoms with Gasteiger partial charge in [-0.05, 0) is 37.3 Å². The first-order valence-electron chi connectivity index (χ1n) is 10.7. The van der Waals surface area contributed by atoms with E-state index in [-0.39, 0.29) is 35.9 Å². The minimum Gasteiger partial charge on any atom is -0.356 e. The van der Waals surface area contributed by atoms with Crippen LogP contribution in [0.2, 0.25) is 0 Å². The van der Waals surface area contributed by atoms with Gasteiger partial charge in [0.15, 0.2) is 5.96 Å². The van der Waals surface area contributed by atoms with Crippen molar-refractivity contribution in [3.63, 3.8) is 0 Å². The molecule has 0 aromatic heterocycles. The molecule has 2 aliphatic heterocycles. The van der Waals surface area contributed by atoms with E-state index >= 15 is 0 Å². The summed E-state index contributed by atoms with van der Waals surface area (Å²) in [6.45, 7) is 5.21. The van der Waals surface area contributed by atoms with Crippen molar-refractivity contribution in [3.8, 4) is 0 Å². The number of carbonyl (C=O) groups is 1. The third-order valence-electron chi connectivity index (χ3n) is 5.92. The maximum Gasteiger partial charge on any atom is 0.243 e. The Morgan fingerprint density at radius 2 is 1.81 bits per heavy atom. The van der Waals surface area contributed by atoms with Crippen molar-refractivity contribution in [2.75, 3.05) is 39.8 Å². The van der Waals surface area contributed by atoms with Gasteiger partial charge in [0.25, 0.3) is 0 Å². The predicted octanol–water partition coefficient (Wildman–Crippen LogP) is 1.88. The first-order valence-corrected chi connectivity index (χ1v) is 12.2. The maximum atomic E-state index is 12.7. The summed E-state index contributed by atoms with van der Waals surface area (Å²) in [6, 6.07) is 8.84. The number of sulfonamides is 1. The van der Waals surface area contributed by atoms with E-state index in [9.17, 15) is 13.2 Å². The second-order valence-corrected chi connectivity index (χ2v) is 9.87. The Morgan fingerprint density at radius 1 is 1.13 bits per heavy atom. The number of guanidine groups is 1. The van der Waals surface area contributed by atoms with E-state index in [0.717, 1.165) is 38.3 Å². The third-order valence-corrected chi connectivity index (χ3v) is 7.83. The number of piperidine rings is 1. The fourth-order valence-corrected chi connectivity index (χ4v) is 5.54. The summed E-state index contributed by atoms with van der Waals surface area (Å²) in [5, 5.41) is 6.78. The average molecular weight is 564 g/mol. The normalized spacial score (nSPS) is 20.9. The van der Waals surface area contributed by atoms with Gasteiger partial charge in [0.2, 0.25) is 15.9 Å². The largest absolute Gasteiger partial charge is 0.356 e. The number of halogens is 1. The first kappa shape index (κ1) is 25.9. The Bertz CT molecular complexity index is 842. The van der Waals surface area contributed by atoms with Gasteiger partial charge in [-0.1, -0.05) is 25.1 Å². The van der Waals surface area contributed by atoms with Crippen LogP contribution in [0.25, 0.3) is 0 Å². The SMILES string of the molecule is CCC(=O)N1CCC(NC(=NC)NCC2CCN(S(=O)(=O)c3ccccc3)CC2)C1.I. The highest BCUT2D eigenvalue weighted by Crippen LogP contribution is 2.23. The standard InChI is InChI=1S/C21H33N5O3S.HI/c1-3-20(27)25-12-11-18(16-25)24-21(22-2)23-15-17-9-13-26(14-10-17)30(28,29)19-7-5-4-6-8-19;/h4-8,17-18H,3,9-16H2,1-2H3,(H2,22,23,24);1H. The smallest absolute Gasteiger partial charge is 0.243 e. The molecule has 0 saturated carbocycles. The number of amides is 1. The van der Waals surface area contributed by atoms with E-state index in [4.69, 9.17) is 0 Å². The maximum absolute atomic E-state index is 12.7. The van der Waals surface area contributed by atoms with Crippen LogP contribution in [0.1, 0.15) is 32.6 Å². The molecular weight excluding hydrogens is 529 g/mol. The van der Waals surface area contributed by atoms with Crippen LogP contribution in [-0.2, 0) is 14.8 Å². The second kappa shape index (κ2) is 12.0. The molecule has 0 aliphatic carbocycles. The van der Waals surface area contributed by atoms with Gasteiger partial charge < -0.3 is 15.5 Å². The second-order valence-electron chi connectivity index (χ2n) is 7.94. The Hall–Kier alpha value is -1.40. The molecule has 0 radical (unpaired) electrons. The molecule has 1 amide bonds. The first-order chi connectivity index (χ1) is 14.4. The van der Waals surface area contributed by atoms with E-state index < -0.39 is 10.0 Å². The van der Waals surface area contributed by atoms with Gasteiger partial charge >= 0.3 is 0 Å². The van der Waals surface area contributed by atoms with E-state index in [1.807, 2.05) is 17.9 Å². The fraction of sp³-hybridized carbons (Fsp3) is 0.619. The van der Waals surface area contributed by atoms with E-state index in [1.165, 1.54) is 0 Å². The van der Waals surface area contributed by atoms with Gasteiger partial charge in [0, 0.05) is 52.2 Å². The summed E-state index contributed by atoms with van der Waals surface area (Å²) >= 11 is 0. The molecule has 8 nitrogen and oxygen atoms in total.